The van der Waals surface area contributed by atoms with Crippen molar-refractivity contribution in [3.8, 4) is 0 Å². The summed E-state index contributed by atoms with van der Waals surface area (Å²) in [6.45, 7) is 1.80. The van der Waals surface area contributed by atoms with Crippen LogP contribution in [0.5, 0.6) is 0 Å². The standard InChI is InChI=1S/C6H9NO2S/c1-4-2-3-5(8)7(10)6(4)9/h4,10H,2-3H2,1H3. The van der Waals surface area contributed by atoms with Crippen LogP contribution in [0, 0.1) is 5.92 Å². The van der Waals surface area contributed by atoms with Crippen LogP contribution in [-0.4, -0.2) is 16.1 Å². The zero-order valence-electron chi connectivity index (χ0n) is 5.70. The third-order valence-corrected chi connectivity index (χ3v) is 2.08. The Hall–Kier alpha value is -0.510. The van der Waals surface area contributed by atoms with Crippen molar-refractivity contribution < 1.29 is 9.59 Å². The molecule has 1 atom stereocenters. The number of hydrogen-bond acceptors (Lipinski definition) is 3. The van der Waals surface area contributed by atoms with Gasteiger partial charge in [-0.3, -0.25) is 9.59 Å². The zero-order chi connectivity index (χ0) is 7.72. The molecule has 0 aromatic heterocycles. The van der Waals surface area contributed by atoms with E-state index in [2.05, 4.69) is 12.8 Å². The third-order valence-electron chi connectivity index (χ3n) is 1.66. The van der Waals surface area contributed by atoms with Crippen LogP contribution in [0.3, 0.4) is 0 Å². The van der Waals surface area contributed by atoms with Gasteiger partial charge >= 0.3 is 0 Å². The van der Waals surface area contributed by atoms with E-state index in [1.165, 1.54) is 0 Å². The van der Waals surface area contributed by atoms with E-state index in [9.17, 15) is 9.59 Å². The van der Waals surface area contributed by atoms with Gasteiger partial charge in [0.2, 0.25) is 11.8 Å². The van der Waals surface area contributed by atoms with Crippen LogP contribution in [0.4, 0.5) is 0 Å². The average molecular weight is 159 g/mol. The summed E-state index contributed by atoms with van der Waals surface area (Å²) in [5.41, 5.74) is 0. The fourth-order valence-corrected chi connectivity index (χ4v) is 1.20. The minimum atomic E-state index is -0.188. The lowest BCUT2D eigenvalue weighted by molar-refractivity contribution is -0.143. The molecule has 0 radical (unpaired) electrons. The number of rotatable bonds is 0. The quantitative estimate of drug-likeness (QED) is 0.415. The van der Waals surface area contributed by atoms with E-state index in [-0.39, 0.29) is 17.7 Å². The maximum absolute atomic E-state index is 11.0. The van der Waals surface area contributed by atoms with Gasteiger partial charge in [0, 0.05) is 12.3 Å². The van der Waals surface area contributed by atoms with E-state index in [1.807, 2.05) is 0 Å². The molecule has 0 aromatic rings. The summed E-state index contributed by atoms with van der Waals surface area (Å²) in [6, 6.07) is 0. The second kappa shape index (κ2) is 2.62. The van der Waals surface area contributed by atoms with Crippen LogP contribution >= 0.6 is 12.8 Å². The first-order valence-electron chi connectivity index (χ1n) is 3.18. The lowest BCUT2D eigenvalue weighted by atomic mass is 10.0. The lowest BCUT2D eigenvalue weighted by Crippen LogP contribution is -2.37. The Morgan fingerprint density at radius 2 is 2.20 bits per heavy atom. The topological polar surface area (TPSA) is 37.4 Å². The van der Waals surface area contributed by atoms with Gasteiger partial charge in [-0.05, 0) is 6.42 Å². The number of nitrogens with zero attached hydrogens (tertiary/aromatic N) is 1. The van der Waals surface area contributed by atoms with Gasteiger partial charge in [-0.15, -0.1) is 0 Å². The monoisotopic (exact) mass is 159 g/mol. The molecule has 1 fully saturated rings. The maximum atomic E-state index is 11.0. The molecule has 0 saturated carbocycles. The SMILES string of the molecule is CC1CCC(=O)N(S)C1=O. The average Bonchev–Trinajstić information content (AvgIpc) is 1.93. The number of amides is 2. The molecule has 1 aliphatic heterocycles. The van der Waals surface area contributed by atoms with Gasteiger partial charge in [-0.1, -0.05) is 19.7 Å². The maximum Gasteiger partial charge on any atom is 0.242 e. The molecule has 10 heavy (non-hydrogen) atoms. The molecular formula is C6H9NO2S. The molecule has 1 aliphatic rings. The van der Waals surface area contributed by atoms with Crippen molar-refractivity contribution in [1.29, 1.82) is 0 Å². The molecule has 4 heteroatoms. The number of imide groups is 1. The van der Waals surface area contributed by atoms with E-state index >= 15 is 0 Å². The van der Waals surface area contributed by atoms with Crippen LogP contribution in [0.25, 0.3) is 0 Å². The Bertz CT molecular complexity index is 181. The predicted molar refractivity (Wildman–Crippen MR) is 39.2 cm³/mol. The van der Waals surface area contributed by atoms with Crippen LogP contribution in [0.1, 0.15) is 19.8 Å². The molecule has 1 heterocycles. The number of carbonyl (C=O) groups excluding carboxylic acids is 2. The first-order valence-corrected chi connectivity index (χ1v) is 3.58. The summed E-state index contributed by atoms with van der Waals surface area (Å²) < 4.78 is 0.911. The van der Waals surface area contributed by atoms with E-state index < -0.39 is 0 Å². The summed E-state index contributed by atoms with van der Waals surface area (Å²) in [6.07, 6.45) is 1.10. The fraction of sp³-hybridized carbons (Fsp3) is 0.667. The normalized spacial score (nSPS) is 27.4. The highest BCUT2D eigenvalue weighted by molar-refractivity contribution is 7.79. The fourth-order valence-electron chi connectivity index (χ4n) is 0.901. The Labute approximate surface area is 64.9 Å². The highest BCUT2D eigenvalue weighted by atomic mass is 32.1. The summed E-state index contributed by atoms with van der Waals surface area (Å²) in [4.78, 5) is 21.7. The number of hydrogen-bond donors (Lipinski definition) is 1. The van der Waals surface area contributed by atoms with E-state index in [1.54, 1.807) is 6.92 Å². The molecular weight excluding hydrogens is 150 g/mol. The Morgan fingerprint density at radius 1 is 1.60 bits per heavy atom. The second-order valence-corrected chi connectivity index (χ2v) is 2.88. The zero-order valence-corrected chi connectivity index (χ0v) is 6.60. The largest absolute Gasteiger partial charge is 0.273 e. The molecule has 0 aromatic carbocycles. The smallest absolute Gasteiger partial charge is 0.242 e. The summed E-state index contributed by atoms with van der Waals surface area (Å²) in [5, 5.41) is 0. The van der Waals surface area contributed by atoms with Gasteiger partial charge in [-0.25, -0.2) is 4.31 Å². The van der Waals surface area contributed by atoms with Crippen molar-refractivity contribution in [2.45, 2.75) is 19.8 Å². The van der Waals surface area contributed by atoms with Crippen molar-refractivity contribution >= 4 is 24.6 Å². The molecule has 1 rings (SSSR count). The van der Waals surface area contributed by atoms with Gasteiger partial charge in [0.15, 0.2) is 0 Å². The Morgan fingerprint density at radius 3 is 2.70 bits per heavy atom. The van der Waals surface area contributed by atoms with Gasteiger partial charge in [0.25, 0.3) is 0 Å². The first kappa shape index (κ1) is 7.60. The number of piperidine rings is 1. The molecule has 56 valence electrons. The predicted octanol–water partition coefficient (Wildman–Crippen LogP) is 0.616. The molecule has 0 aliphatic carbocycles. The molecule has 1 saturated heterocycles. The van der Waals surface area contributed by atoms with Crippen molar-refractivity contribution in [3.63, 3.8) is 0 Å². The molecule has 3 nitrogen and oxygen atoms in total. The second-order valence-electron chi connectivity index (χ2n) is 2.48. The summed E-state index contributed by atoms with van der Waals surface area (Å²) >= 11 is 3.74. The van der Waals surface area contributed by atoms with Gasteiger partial charge < -0.3 is 0 Å². The van der Waals surface area contributed by atoms with E-state index in [0.717, 1.165) is 4.31 Å². The lowest BCUT2D eigenvalue weighted by Gasteiger charge is -2.23. The molecule has 0 bridgehead atoms. The van der Waals surface area contributed by atoms with Crippen LogP contribution in [-0.2, 0) is 9.59 Å². The minimum Gasteiger partial charge on any atom is -0.273 e. The van der Waals surface area contributed by atoms with Crippen molar-refractivity contribution in [2.24, 2.45) is 5.92 Å². The number of thiol groups is 1. The van der Waals surface area contributed by atoms with Crippen molar-refractivity contribution in [2.75, 3.05) is 0 Å². The van der Waals surface area contributed by atoms with Gasteiger partial charge in [0.05, 0.1) is 0 Å². The summed E-state index contributed by atoms with van der Waals surface area (Å²) in [5.74, 6) is -0.416. The van der Waals surface area contributed by atoms with Gasteiger partial charge in [0.1, 0.15) is 0 Å². The van der Waals surface area contributed by atoms with Crippen LogP contribution < -0.4 is 0 Å². The molecule has 0 N–H and O–H groups in total. The van der Waals surface area contributed by atoms with Crippen molar-refractivity contribution in [1.82, 2.24) is 4.31 Å². The summed E-state index contributed by atoms with van der Waals surface area (Å²) in [7, 11) is 0. The Balaban J connectivity index is 2.70. The number of carbonyl (C=O) groups is 2. The van der Waals surface area contributed by atoms with Crippen molar-refractivity contribution in [3.05, 3.63) is 0 Å². The Kier molecular flexibility index (Phi) is 1.99. The van der Waals surface area contributed by atoms with E-state index in [4.69, 9.17) is 0 Å². The van der Waals surface area contributed by atoms with Crippen LogP contribution in [0.2, 0.25) is 0 Å². The highest BCUT2D eigenvalue weighted by Gasteiger charge is 2.28. The first-order chi connectivity index (χ1) is 4.63. The van der Waals surface area contributed by atoms with Gasteiger partial charge in [-0.2, -0.15) is 0 Å². The highest BCUT2D eigenvalue weighted by Crippen LogP contribution is 2.19. The molecule has 2 amide bonds. The third kappa shape index (κ3) is 1.16. The van der Waals surface area contributed by atoms with E-state index in [0.29, 0.717) is 12.8 Å². The molecule has 1 unspecified atom stereocenters. The molecule has 0 spiro atoms. The minimum absolute atomic E-state index is 0.0461. The van der Waals surface area contributed by atoms with Crippen LogP contribution in [0.15, 0.2) is 0 Å².